The third-order valence-electron chi connectivity index (χ3n) is 3.37. The van der Waals surface area contributed by atoms with Gasteiger partial charge < -0.3 is 0 Å². The molecule has 0 unspecified atom stereocenters. The van der Waals surface area contributed by atoms with Crippen LogP contribution in [0.15, 0.2) is 48.5 Å². The normalized spacial score (nSPS) is 16.8. The molecule has 0 N–H and O–H groups in total. The minimum Gasteiger partial charge on any atom is -0.0909 e. The molecule has 0 spiro atoms. The van der Waals surface area contributed by atoms with E-state index in [1.165, 1.54) is 11.1 Å². The minimum atomic E-state index is -0.927. The summed E-state index contributed by atoms with van der Waals surface area (Å²) in [6, 6.07) is 16.3. The van der Waals surface area contributed by atoms with Crippen LogP contribution in [0.3, 0.4) is 0 Å². The molecular formula is C15H12Cl2. The van der Waals surface area contributed by atoms with Gasteiger partial charge in [-0.2, -0.15) is 0 Å². The Morgan fingerprint density at radius 1 is 0.706 bits per heavy atom. The van der Waals surface area contributed by atoms with Crippen LogP contribution in [0, 0.1) is 0 Å². The summed E-state index contributed by atoms with van der Waals surface area (Å²) in [6.45, 7) is 0. The Morgan fingerprint density at radius 2 is 1.12 bits per heavy atom. The maximum Gasteiger partial charge on any atom is 0.168 e. The van der Waals surface area contributed by atoms with Gasteiger partial charge >= 0.3 is 0 Å². The maximum atomic E-state index is 6.60. The van der Waals surface area contributed by atoms with E-state index in [9.17, 15) is 0 Å². The molecule has 0 aliphatic heterocycles. The van der Waals surface area contributed by atoms with Gasteiger partial charge in [0.1, 0.15) is 0 Å². The van der Waals surface area contributed by atoms with Crippen LogP contribution in [0.4, 0.5) is 0 Å². The molecule has 2 aromatic carbocycles. The number of benzene rings is 2. The molecule has 1 aliphatic rings. The molecular weight excluding hydrogens is 251 g/mol. The lowest BCUT2D eigenvalue weighted by atomic mass is 9.99. The Kier molecular flexibility index (Phi) is 2.65. The van der Waals surface area contributed by atoms with Crippen LogP contribution < -0.4 is 0 Å². The molecule has 0 atom stereocenters. The van der Waals surface area contributed by atoms with Crippen molar-refractivity contribution < 1.29 is 0 Å². The van der Waals surface area contributed by atoms with Gasteiger partial charge in [-0.15, -0.1) is 0 Å². The standard InChI is InChI=1S/C15H12Cl2/c16-15(17)13-7-3-1-5-11(13)9-10-12-6-2-4-8-14(12)15/h1-8H,9-10H2. The lowest BCUT2D eigenvalue weighted by Gasteiger charge is -2.22. The second kappa shape index (κ2) is 4.04. The van der Waals surface area contributed by atoms with Crippen LogP contribution in [-0.2, 0) is 17.2 Å². The van der Waals surface area contributed by atoms with Crippen LogP contribution in [-0.4, -0.2) is 0 Å². The Morgan fingerprint density at radius 3 is 1.59 bits per heavy atom. The van der Waals surface area contributed by atoms with Crippen molar-refractivity contribution >= 4 is 23.2 Å². The SMILES string of the molecule is ClC1(Cl)c2ccccc2CCc2ccccc21. The summed E-state index contributed by atoms with van der Waals surface area (Å²) in [5, 5.41) is 0. The number of alkyl halides is 2. The van der Waals surface area contributed by atoms with Crippen molar-refractivity contribution in [3.8, 4) is 0 Å². The Labute approximate surface area is 111 Å². The van der Waals surface area contributed by atoms with E-state index in [1.807, 2.05) is 36.4 Å². The van der Waals surface area contributed by atoms with Gasteiger partial charge in [0, 0.05) is 0 Å². The third kappa shape index (κ3) is 1.76. The van der Waals surface area contributed by atoms with Crippen LogP contribution >= 0.6 is 23.2 Å². The first-order valence-corrected chi connectivity index (χ1v) is 6.50. The first kappa shape index (κ1) is 11.1. The Bertz CT molecular complexity index is 509. The molecule has 1 aliphatic carbocycles. The van der Waals surface area contributed by atoms with Gasteiger partial charge in [0.05, 0.1) is 0 Å². The number of hydrogen-bond donors (Lipinski definition) is 0. The van der Waals surface area contributed by atoms with Crippen molar-refractivity contribution in [3.63, 3.8) is 0 Å². The lowest BCUT2D eigenvalue weighted by molar-refractivity contribution is 0.965. The number of aryl methyl sites for hydroxylation is 2. The van der Waals surface area contributed by atoms with Gasteiger partial charge in [-0.3, -0.25) is 0 Å². The lowest BCUT2D eigenvalue weighted by Crippen LogP contribution is -2.14. The highest BCUT2D eigenvalue weighted by atomic mass is 35.5. The van der Waals surface area contributed by atoms with Crippen LogP contribution in [0.5, 0.6) is 0 Å². The minimum absolute atomic E-state index is 0.927. The molecule has 86 valence electrons. The molecule has 0 bridgehead atoms. The molecule has 0 heterocycles. The number of hydrogen-bond acceptors (Lipinski definition) is 0. The van der Waals surface area contributed by atoms with Crippen LogP contribution in [0.2, 0.25) is 0 Å². The monoisotopic (exact) mass is 262 g/mol. The van der Waals surface area contributed by atoms with Crippen molar-refractivity contribution in [1.29, 1.82) is 0 Å². The summed E-state index contributed by atoms with van der Waals surface area (Å²) < 4.78 is -0.927. The maximum absolute atomic E-state index is 6.60. The molecule has 2 aromatic rings. The van der Waals surface area contributed by atoms with E-state index in [1.54, 1.807) is 0 Å². The molecule has 0 fully saturated rings. The molecule has 0 amide bonds. The second-order valence-corrected chi connectivity index (χ2v) is 5.72. The zero-order chi connectivity index (χ0) is 11.9. The first-order valence-electron chi connectivity index (χ1n) is 5.74. The second-order valence-electron chi connectivity index (χ2n) is 4.39. The summed E-state index contributed by atoms with van der Waals surface area (Å²) in [4.78, 5) is 0. The van der Waals surface area contributed by atoms with E-state index in [0.29, 0.717) is 0 Å². The summed E-state index contributed by atoms with van der Waals surface area (Å²) in [5.41, 5.74) is 4.53. The van der Waals surface area contributed by atoms with E-state index in [2.05, 4.69) is 12.1 Å². The van der Waals surface area contributed by atoms with Gasteiger partial charge in [0.15, 0.2) is 4.33 Å². The van der Waals surface area contributed by atoms with Gasteiger partial charge in [-0.1, -0.05) is 71.7 Å². The van der Waals surface area contributed by atoms with E-state index in [0.717, 1.165) is 24.0 Å². The quantitative estimate of drug-likeness (QED) is 0.615. The van der Waals surface area contributed by atoms with Crippen molar-refractivity contribution in [2.75, 3.05) is 0 Å². The smallest absolute Gasteiger partial charge is 0.0909 e. The van der Waals surface area contributed by atoms with Crippen molar-refractivity contribution in [2.45, 2.75) is 17.2 Å². The summed E-state index contributed by atoms with van der Waals surface area (Å²) >= 11 is 13.2. The summed E-state index contributed by atoms with van der Waals surface area (Å²) in [5.74, 6) is 0. The Hall–Kier alpha value is -0.980. The molecule has 17 heavy (non-hydrogen) atoms. The predicted molar refractivity (Wildman–Crippen MR) is 72.8 cm³/mol. The first-order chi connectivity index (χ1) is 8.19. The average Bonchev–Trinajstić information content (AvgIpc) is 2.47. The van der Waals surface area contributed by atoms with Gasteiger partial charge in [-0.25, -0.2) is 0 Å². The molecule has 0 nitrogen and oxygen atoms in total. The van der Waals surface area contributed by atoms with Crippen molar-refractivity contribution in [2.24, 2.45) is 0 Å². The number of halogens is 2. The van der Waals surface area contributed by atoms with Gasteiger partial charge in [0.25, 0.3) is 0 Å². The van der Waals surface area contributed by atoms with Crippen LogP contribution in [0.1, 0.15) is 22.3 Å². The fourth-order valence-corrected chi connectivity index (χ4v) is 3.24. The third-order valence-corrected chi connectivity index (χ3v) is 4.19. The van der Waals surface area contributed by atoms with Gasteiger partial charge in [-0.05, 0) is 35.1 Å². The summed E-state index contributed by atoms with van der Waals surface area (Å²) in [6.07, 6.45) is 1.99. The summed E-state index contributed by atoms with van der Waals surface area (Å²) in [7, 11) is 0. The number of fused-ring (bicyclic) bond motifs is 2. The molecule has 0 saturated carbocycles. The highest BCUT2D eigenvalue weighted by Gasteiger charge is 2.34. The van der Waals surface area contributed by atoms with E-state index in [4.69, 9.17) is 23.2 Å². The highest BCUT2D eigenvalue weighted by Crippen LogP contribution is 2.45. The fourth-order valence-electron chi connectivity index (χ4n) is 2.50. The average molecular weight is 263 g/mol. The number of rotatable bonds is 0. The Balaban J connectivity index is 2.27. The van der Waals surface area contributed by atoms with E-state index in [-0.39, 0.29) is 0 Å². The topological polar surface area (TPSA) is 0 Å². The highest BCUT2D eigenvalue weighted by molar-refractivity contribution is 6.50. The molecule has 3 rings (SSSR count). The zero-order valence-electron chi connectivity index (χ0n) is 9.29. The van der Waals surface area contributed by atoms with Crippen LogP contribution in [0.25, 0.3) is 0 Å². The molecule has 0 saturated heterocycles. The zero-order valence-corrected chi connectivity index (χ0v) is 10.8. The predicted octanol–water partition coefficient (Wildman–Crippen LogP) is 4.46. The van der Waals surface area contributed by atoms with E-state index < -0.39 is 4.33 Å². The largest absolute Gasteiger partial charge is 0.168 e. The van der Waals surface area contributed by atoms with Crippen molar-refractivity contribution in [3.05, 3.63) is 70.8 Å². The molecule has 2 heteroatoms. The van der Waals surface area contributed by atoms with E-state index >= 15 is 0 Å². The molecule has 0 radical (unpaired) electrons. The van der Waals surface area contributed by atoms with Crippen molar-refractivity contribution in [1.82, 2.24) is 0 Å². The molecule has 0 aromatic heterocycles. The fraction of sp³-hybridized carbons (Fsp3) is 0.200. The van der Waals surface area contributed by atoms with Gasteiger partial charge in [0.2, 0.25) is 0 Å².